The first-order valence-corrected chi connectivity index (χ1v) is 7.87. The van der Waals surface area contributed by atoms with E-state index in [0.717, 1.165) is 18.9 Å². The standard InChI is InChI=1S/C13H25NOS/c1-2-12(14)4-3-11-5-7-15-13(9-11)6-8-16-10-13/h11-12H,2-10,14H2,1H3. The normalized spacial score (nSPS) is 36.8. The zero-order valence-electron chi connectivity index (χ0n) is 10.4. The zero-order valence-corrected chi connectivity index (χ0v) is 11.2. The van der Waals surface area contributed by atoms with Crippen molar-refractivity contribution in [2.75, 3.05) is 18.1 Å². The Morgan fingerprint density at radius 2 is 2.44 bits per heavy atom. The van der Waals surface area contributed by atoms with Gasteiger partial charge in [0, 0.05) is 18.4 Å². The van der Waals surface area contributed by atoms with E-state index in [-0.39, 0.29) is 5.60 Å². The molecule has 1 spiro atoms. The third kappa shape index (κ3) is 3.14. The number of hydrogen-bond donors (Lipinski definition) is 1. The molecule has 94 valence electrons. The van der Waals surface area contributed by atoms with Crippen LogP contribution < -0.4 is 5.73 Å². The van der Waals surface area contributed by atoms with Crippen molar-refractivity contribution >= 4 is 11.8 Å². The fourth-order valence-corrected chi connectivity index (χ4v) is 4.27. The van der Waals surface area contributed by atoms with E-state index in [0.29, 0.717) is 6.04 Å². The lowest BCUT2D eigenvalue weighted by Gasteiger charge is -2.38. The van der Waals surface area contributed by atoms with Crippen molar-refractivity contribution in [3.8, 4) is 0 Å². The van der Waals surface area contributed by atoms with Gasteiger partial charge in [0.1, 0.15) is 0 Å². The highest BCUT2D eigenvalue weighted by atomic mass is 32.2. The van der Waals surface area contributed by atoms with Gasteiger partial charge in [-0.3, -0.25) is 0 Å². The second-order valence-corrected chi connectivity index (χ2v) is 6.54. The van der Waals surface area contributed by atoms with Crippen LogP contribution in [0.25, 0.3) is 0 Å². The van der Waals surface area contributed by atoms with Crippen LogP contribution in [-0.4, -0.2) is 29.8 Å². The lowest BCUT2D eigenvalue weighted by Crippen LogP contribution is -2.40. The van der Waals surface area contributed by atoms with Gasteiger partial charge in [0.15, 0.2) is 0 Å². The Bertz CT molecular complexity index is 216. The van der Waals surface area contributed by atoms with E-state index < -0.39 is 0 Å². The van der Waals surface area contributed by atoms with Gasteiger partial charge in [-0.15, -0.1) is 0 Å². The van der Waals surface area contributed by atoms with Crippen molar-refractivity contribution in [1.29, 1.82) is 0 Å². The molecule has 2 aliphatic heterocycles. The van der Waals surface area contributed by atoms with Gasteiger partial charge in [-0.05, 0) is 50.2 Å². The molecule has 2 rings (SSSR count). The van der Waals surface area contributed by atoms with E-state index in [1.165, 1.54) is 43.6 Å². The molecular weight excluding hydrogens is 218 g/mol. The monoisotopic (exact) mass is 243 g/mol. The Kier molecular flexibility index (Phi) is 4.57. The van der Waals surface area contributed by atoms with Crippen LogP contribution >= 0.6 is 11.8 Å². The minimum absolute atomic E-state index is 0.254. The Balaban J connectivity index is 1.78. The molecule has 2 fully saturated rings. The van der Waals surface area contributed by atoms with Crippen LogP contribution in [0.4, 0.5) is 0 Å². The molecule has 16 heavy (non-hydrogen) atoms. The highest BCUT2D eigenvalue weighted by molar-refractivity contribution is 7.99. The van der Waals surface area contributed by atoms with Crippen LogP contribution in [0.3, 0.4) is 0 Å². The van der Waals surface area contributed by atoms with Crippen molar-refractivity contribution in [3.63, 3.8) is 0 Å². The van der Waals surface area contributed by atoms with Crippen LogP contribution in [-0.2, 0) is 4.74 Å². The van der Waals surface area contributed by atoms with Crippen molar-refractivity contribution < 1.29 is 4.74 Å². The molecule has 0 bridgehead atoms. The predicted molar refractivity (Wildman–Crippen MR) is 70.8 cm³/mol. The summed E-state index contributed by atoms with van der Waals surface area (Å²) in [7, 11) is 0. The molecule has 2 saturated heterocycles. The van der Waals surface area contributed by atoms with Crippen molar-refractivity contribution in [2.45, 2.75) is 57.1 Å². The maximum absolute atomic E-state index is 6.04. The van der Waals surface area contributed by atoms with Crippen molar-refractivity contribution in [2.24, 2.45) is 11.7 Å². The molecule has 3 heteroatoms. The van der Waals surface area contributed by atoms with Gasteiger partial charge in [-0.2, -0.15) is 11.8 Å². The van der Waals surface area contributed by atoms with Crippen LogP contribution in [0, 0.1) is 5.92 Å². The van der Waals surface area contributed by atoms with Crippen LogP contribution in [0.2, 0.25) is 0 Å². The summed E-state index contributed by atoms with van der Waals surface area (Å²) >= 11 is 2.06. The molecule has 2 aliphatic rings. The number of nitrogens with two attached hydrogens (primary N) is 1. The van der Waals surface area contributed by atoms with Gasteiger partial charge in [-0.25, -0.2) is 0 Å². The molecule has 0 saturated carbocycles. The Labute approximate surface area is 104 Å². The van der Waals surface area contributed by atoms with Gasteiger partial charge in [0.25, 0.3) is 0 Å². The lowest BCUT2D eigenvalue weighted by atomic mass is 9.82. The minimum atomic E-state index is 0.254. The van der Waals surface area contributed by atoms with E-state index in [9.17, 15) is 0 Å². The molecule has 2 N–H and O–H groups in total. The summed E-state index contributed by atoms with van der Waals surface area (Å²) < 4.78 is 6.04. The van der Waals surface area contributed by atoms with Gasteiger partial charge in [-0.1, -0.05) is 6.92 Å². The summed E-state index contributed by atoms with van der Waals surface area (Å²) in [6, 6.07) is 0.414. The molecule has 0 radical (unpaired) electrons. The van der Waals surface area contributed by atoms with E-state index >= 15 is 0 Å². The lowest BCUT2D eigenvalue weighted by molar-refractivity contribution is -0.0809. The number of hydrogen-bond acceptors (Lipinski definition) is 3. The number of thioether (sulfide) groups is 1. The Morgan fingerprint density at radius 3 is 3.12 bits per heavy atom. The van der Waals surface area contributed by atoms with Crippen LogP contribution in [0.1, 0.15) is 45.4 Å². The van der Waals surface area contributed by atoms with Crippen LogP contribution in [0.5, 0.6) is 0 Å². The average Bonchev–Trinajstić information content (AvgIpc) is 2.74. The first kappa shape index (κ1) is 12.7. The van der Waals surface area contributed by atoms with E-state index in [1.54, 1.807) is 0 Å². The first-order valence-electron chi connectivity index (χ1n) is 6.71. The second-order valence-electron chi connectivity index (χ2n) is 5.44. The fraction of sp³-hybridized carbons (Fsp3) is 1.00. The SMILES string of the molecule is CCC(N)CCC1CCOC2(CCSC2)C1. The summed E-state index contributed by atoms with van der Waals surface area (Å²) in [5.74, 6) is 3.38. The van der Waals surface area contributed by atoms with Crippen molar-refractivity contribution in [3.05, 3.63) is 0 Å². The molecule has 0 amide bonds. The van der Waals surface area contributed by atoms with Crippen LogP contribution in [0.15, 0.2) is 0 Å². The minimum Gasteiger partial charge on any atom is -0.374 e. The average molecular weight is 243 g/mol. The quantitative estimate of drug-likeness (QED) is 0.824. The van der Waals surface area contributed by atoms with Crippen molar-refractivity contribution in [1.82, 2.24) is 0 Å². The largest absolute Gasteiger partial charge is 0.374 e. The summed E-state index contributed by atoms with van der Waals surface area (Å²) in [6.07, 6.45) is 7.44. The van der Waals surface area contributed by atoms with E-state index in [2.05, 4.69) is 18.7 Å². The predicted octanol–water partition coefficient (Wildman–Crippen LogP) is 2.81. The van der Waals surface area contributed by atoms with E-state index in [4.69, 9.17) is 10.5 Å². The highest BCUT2D eigenvalue weighted by Crippen LogP contribution is 2.41. The molecule has 0 aliphatic carbocycles. The summed E-state index contributed by atoms with van der Waals surface area (Å²) in [5.41, 5.74) is 6.25. The summed E-state index contributed by atoms with van der Waals surface area (Å²) in [4.78, 5) is 0. The molecule has 0 aromatic heterocycles. The Hall–Kier alpha value is 0.270. The van der Waals surface area contributed by atoms with Gasteiger partial charge >= 0.3 is 0 Å². The van der Waals surface area contributed by atoms with Gasteiger partial charge < -0.3 is 10.5 Å². The third-order valence-corrected chi connectivity index (χ3v) is 5.36. The smallest absolute Gasteiger partial charge is 0.0783 e. The summed E-state index contributed by atoms with van der Waals surface area (Å²) in [6.45, 7) is 3.16. The molecule has 0 aromatic carbocycles. The second kappa shape index (κ2) is 5.74. The third-order valence-electron chi connectivity index (χ3n) is 4.13. The number of ether oxygens (including phenoxy) is 1. The number of rotatable bonds is 4. The zero-order chi connectivity index (χ0) is 11.4. The first-order chi connectivity index (χ1) is 7.74. The van der Waals surface area contributed by atoms with E-state index in [1.807, 2.05) is 0 Å². The highest BCUT2D eigenvalue weighted by Gasteiger charge is 2.40. The Morgan fingerprint density at radius 1 is 1.56 bits per heavy atom. The summed E-state index contributed by atoms with van der Waals surface area (Å²) in [5, 5.41) is 0. The molecule has 3 unspecified atom stereocenters. The molecular formula is C13H25NOS. The fourth-order valence-electron chi connectivity index (χ4n) is 2.89. The molecule has 3 atom stereocenters. The maximum atomic E-state index is 6.04. The molecule has 2 nitrogen and oxygen atoms in total. The molecule has 0 aromatic rings. The molecule has 2 heterocycles. The maximum Gasteiger partial charge on any atom is 0.0783 e. The topological polar surface area (TPSA) is 35.2 Å². The van der Waals surface area contributed by atoms with Gasteiger partial charge in [0.2, 0.25) is 0 Å². The van der Waals surface area contributed by atoms with Gasteiger partial charge in [0.05, 0.1) is 5.60 Å².